The molecule has 0 heterocycles. The van der Waals surface area contributed by atoms with Crippen LogP contribution < -0.4 is 0 Å². The van der Waals surface area contributed by atoms with Crippen LogP contribution in [0.2, 0.25) is 5.02 Å². The first kappa shape index (κ1) is 10.5. The van der Waals surface area contributed by atoms with Gasteiger partial charge in [0.1, 0.15) is 5.82 Å². The van der Waals surface area contributed by atoms with Crippen molar-refractivity contribution in [2.45, 2.75) is 27.2 Å². The molecule has 0 saturated carbocycles. The topological polar surface area (TPSA) is 0 Å². The Balaban J connectivity index is 3.04. The van der Waals surface area contributed by atoms with Crippen molar-refractivity contribution in [1.29, 1.82) is 0 Å². The van der Waals surface area contributed by atoms with Crippen molar-refractivity contribution in [3.63, 3.8) is 0 Å². The first-order valence-corrected chi connectivity index (χ1v) is 4.83. The Bertz CT molecular complexity index is 305. The molecule has 0 aliphatic rings. The molecule has 0 saturated heterocycles. The Morgan fingerprint density at radius 1 is 1.38 bits per heavy atom. The molecule has 0 amide bonds. The van der Waals surface area contributed by atoms with Crippen LogP contribution in [0.3, 0.4) is 0 Å². The average molecular weight is 201 g/mol. The van der Waals surface area contributed by atoms with Gasteiger partial charge in [-0.15, -0.1) is 0 Å². The molecule has 0 N–H and O–H groups in total. The third-order valence-corrected chi connectivity index (χ3v) is 2.37. The van der Waals surface area contributed by atoms with Gasteiger partial charge in [0.25, 0.3) is 0 Å². The molecule has 1 aromatic rings. The van der Waals surface area contributed by atoms with Crippen molar-refractivity contribution >= 4 is 11.6 Å². The summed E-state index contributed by atoms with van der Waals surface area (Å²) in [5, 5.41) is 0.213. The van der Waals surface area contributed by atoms with E-state index in [1.165, 1.54) is 0 Å². The van der Waals surface area contributed by atoms with Crippen LogP contribution in [-0.2, 0) is 6.42 Å². The molecule has 0 nitrogen and oxygen atoms in total. The van der Waals surface area contributed by atoms with Gasteiger partial charge in [0.2, 0.25) is 0 Å². The zero-order valence-corrected chi connectivity index (χ0v) is 8.95. The van der Waals surface area contributed by atoms with Crippen molar-refractivity contribution in [3.05, 3.63) is 34.1 Å². The Morgan fingerprint density at radius 3 is 2.54 bits per heavy atom. The van der Waals surface area contributed by atoms with E-state index in [-0.39, 0.29) is 10.8 Å². The summed E-state index contributed by atoms with van der Waals surface area (Å²) in [4.78, 5) is 0. The van der Waals surface area contributed by atoms with Gasteiger partial charge < -0.3 is 0 Å². The fourth-order valence-corrected chi connectivity index (χ4v) is 1.56. The summed E-state index contributed by atoms with van der Waals surface area (Å²) < 4.78 is 13.3. The van der Waals surface area contributed by atoms with Crippen molar-refractivity contribution in [2.75, 3.05) is 0 Å². The van der Waals surface area contributed by atoms with Crippen molar-refractivity contribution in [1.82, 2.24) is 0 Å². The van der Waals surface area contributed by atoms with Gasteiger partial charge in [-0.25, -0.2) is 4.39 Å². The van der Waals surface area contributed by atoms with E-state index in [1.54, 1.807) is 13.0 Å². The quantitative estimate of drug-likeness (QED) is 0.678. The molecule has 72 valence electrons. The molecule has 0 radical (unpaired) electrons. The normalized spacial score (nSPS) is 10.9. The highest BCUT2D eigenvalue weighted by Crippen LogP contribution is 2.22. The van der Waals surface area contributed by atoms with E-state index in [9.17, 15) is 4.39 Å². The van der Waals surface area contributed by atoms with Crippen molar-refractivity contribution in [3.8, 4) is 0 Å². The van der Waals surface area contributed by atoms with E-state index < -0.39 is 0 Å². The minimum Gasteiger partial charge on any atom is -0.205 e. The fourth-order valence-electron chi connectivity index (χ4n) is 1.35. The van der Waals surface area contributed by atoms with Crippen LogP contribution >= 0.6 is 11.6 Å². The zero-order chi connectivity index (χ0) is 10.0. The number of hydrogen-bond acceptors (Lipinski definition) is 0. The maximum absolute atomic E-state index is 13.3. The molecule has 13 heavy (non-hydrogen) atoms. The molecule has 0 unspecified atom stereocenters. The molecule has 1 rings (SSSR count). The summed E-state index contributed by atoms with van der Waals surface area (Å²) in [7, 11) is 0. The minimum atomic E-state index is -0.278. The molecule has 1 aromatic carbocycles. The molecular formula is C11H14ClF. The van der Waals surface area contributed by atoms with E-state index in [4.69, 9.17) is 11.6 Å². The summed E-state index contributed by atoms with van der Waals surface area (Å²) >= 11 is 5.65. The van der Waals surface area contributed by atoms with Gasteiger partial charge in [0.05, 0.1) is 5.02 Å². The van der Waals surface area contributed by atoms with Gasteiger partial charge >= 0.3 is 0 Å². The standard InChI is InChI=1S/C11H14ClF/c1-7(2)6-9-4-5-10(12)11(13)8(9)3/h4-5,7H,6H2,1-3H3. The molecule has 0 aromatic heterocycles. The zero-order valence-electron chi connectivity index (χ0n) is 8.20. The first-order valence-electron chi connectivity index (χ1n) is 4.46. The molecule has 0 bridgehead atoms. The number of halogens is 2. The lowest BCUT2D eigenvalue weighted by Gasteiger charge is -2.09. The van der Waals surface area contributed by atoms with Gasteiger partial charge in [-0.2, -0.15) is 0 Å². The summed E-state index contributed by atoms with van der Waals surface area (Å²) in [6.07, 6.45) is 0.903. The van der Waals surface area contributed by atoms with Crippen LogP contribution in [-0.4, -0.2) is 0 Å². The molecule has 2 heteroatoms. The molecule has 0 spiro atoms. The fraction of sp³-hybridized carbons (Fsp3) is 0.455. The number of hydrogen-bond donors (Lipinski definition) is 0. The lowest BCUT2D eigenvalue weighted by molar-refractivity contribution is 0.602. The average Bonchev–Trinajstić information content (AvgIpc) is 2.06. The van der Waals surface area contributed by atoms with Crippen LogP contribution in [0.5, 0.6) is 0 Å². The van der Waals surface area contributed by atoms with E-state index in [1.807, 2.05) is 6.07 Å². The van der Waals surface area contributed by atoms with Gasteiger partial charge in [-0.1, -0.05) is 31.5 Å². The highest BCUT2D eigenvalue weighted by Gasteiger charge is 2.08. The van der Waals surface area contributed by atoms with Crippen LogP contribution in [0, 0.1) is 18.7 Å². The van der Waals surface area contributed by atoms with Gasteiger partial charge in [-0.3, -0.25) is 0 Å². The summed E-state index contributed by atoms with van der Waals surface area (Å²) in [6, 6.07) is 3.53. The highest BCUT2D eigenvalue weighted by molar-refractivity contribution is 6.30. The molecule has 0 atom stereocenters. The molecule has 0 fully saturated rings. The van der Waals surface area contributed by atoms with Crippen LogP contribution in [0.4, 0.5) is 4.39 Å². The van der Waals surface area contributed by atoms with Gasteiger partial charge in [-0.05, 0) is 36.5 Å². The monoisotopic (exact) mass is 200 g/mol. The van der Waals surface area contributed by atoms with Crippen LogP contribution in [0.25, 0.3) is 0 Å². The number of rotatable bonds is 2. The van der Waals surface area contributed by atoms with Crippen LogP contribution in [0.1, 0.15) is 25.0 Å². The summed E-state index contributed by atoms with van der Waals surface area (Å²) in [5.74, 6) is 0.263. The lowest BCUT2D eigenvalue weighted by Crippen LogP contribution is -1.99. The molecule has 0 aliphatic heterocycles. The second kappa shape index (κ2) is 4.10. The predicted octanol–water partition coefficient (Wildman–Crippen LogP) is 3.99. The van der Waals surface area contributed by atoms with Crippen molar-refractivity contribution < 1.29 is 4.39 Å². The third-order valence-electron chi connectivity index (χ3n) is 2.08. The molecular weight excluding hydrogens is 187 g/mol. The van der Waals surface area contributed by atoms with Crippen LogP contribution in [0.15, 0.2) is 12.1 Å². The second-order valence-corrected chi connectivity index (χ2v) is 4.15. The predicted molar refractivity (Wildman–Crippen MR) is 54.7 cm³/mol. The Hall–Kier alpha value is -0.560. The first-order chi connectivity index (χ1) is 6.02. The maximum Gasteiger partial charge on any atom is 0.144 e. The maximum atomic E-state index is 13.3. The second-order valence-electron chi connectivity index (χ2n) is 3.74. The van der Waals surface area contributed by atoms with Gasteiger partial charge in [0, 0.05) is 0 Å². The lowest BCUT2D eigenvalue weighted by atomic mass is 9.98. The number of benzene rings is 1. The van der Waals surface area contributed by atoms with E-state index in [0.717, 1.165) is 12.0 Å². The minimum absolute atomic E-state index is 0.213. The van der Waals surface area contributed by atoms with Gasteiger partial charge in [0.15, 0.2) is 0 Å². The largest absolute Gasteiger partial charge is 0.205 e. The third kappa shape index (κ3) is 2.44. The highest BCUT2D eigenvalue weighted by atomic mass is 35.5. The summed E-state index contributed by atoms with van der Waals surface area (Å²) in [5.41, 5.74) is 1.73. The SMILES string of the molecule is Cc1c(CC(C)C)ccc(Cl)c1F. The molecule has 0 aliphatic carbocycles. The summed E-state index contributed by atoms with van der Waals surface area (Å²) in [6.45, 7) is 6.01. The van der Waals surface area contributed by atoms with E-state index >= 15 is 0 Å². The smallest absolute Gasteiger partial charge is 0.144 e. The Labute approximate surface area is 83.7 Å². The Kier molecular flexibility index (Phi) is 3.32. The van der Waals surface area contributed by atoms with E-state index in [0.29, 0.717) is 11.5 Å². The van der Waals surface area contributed by atoms with Crippen molar-refractivity contribution in [2.24, 2.45) is 5.92 Å². The Morgan fingerprint density at radius 2 is 2.00 bits per heavy atom. The van der Waals surface area contributed by atoms with E-state index in [2.05, 4.69) is 13.8 Å².